The van der Waals surface area contributed by atoms with Crippen LogP contribution in [0.1, 0.15) is 46.0 Å². The largest absolute Gasteiger partial charge is 0.463 e. The molecule has 1 fully saturated rings. The minimum absolute atomic E-state index is 0.0919. The van der Waals surface area contributed by atoms with E-state index in [1.807, 2.05) is 30.3 Å². The van der Waals surface area contributed by atoms with Gasteiger partial charge in [-0.1, -0.05) is 57.2 Å². The van der Waals surface area contributed by atoms with Crippen LogP contribution in [0.2, 0.25) is 18.1 Å². The van der Waals surface area contributed by atoms with Gasteiger partial charge in [-0.05, 0) is 31.5 Å². The average Bonchev–Trinajstić information content (AvgIpc) is 2.63. The molecule has 0 bridgehead atoms. The lowest BCUT2D eigenvalue weighted by Crippen LogP contribution is -2.51. The molecule has 0 radical (unpaired) electrons. The lowest BCUT2D eigenvalue weighted by atomic mass is 10.1. The molecule has 0 spiro atoms. The van der Waals surface area contributed by atoms with Crippen LogP contribution in [0.25, 0.3) is 0 Å². The van der Waals surface area contributed by atoms with Gasteiger partial charge in [0.2, 0.25) is 0 Å². The third-order valence-corrected chi connectivity index (χ3v) is 9.86. The van der Waals surface area contributed by atoms with E-state index in [0.717, 1.165) is 5.56 Å². The smallest absolute Gasteiger partial charge is 0.330 e. The van der Waals surface area contributed by atoms with Gasteiger partial charge in [0, 0.05) is 11.6 Å². The summed E-state index contributed by atoms with van der Waals surface area (Å²) in [6.45, 7) is 13.7. The van der Waals surface area contributed by atoms with E-state index in [-0.39, 0.29) is 23.2 Å². The molecular weight excluding hydrogens is 372 g/mol. The SMILES string of the molecule is CCOC(=O)/C=C/C[C@@H]1O[C@H](c2ccccc2)OC[C@H]1O[Si](C)(C)C(C)(C)C. The normalized spacial score (nSPS) is 23.7. The molecule has 0 unspecified atom stereocenters. The quantitative estimate of drug-likeness (QED) is 0.362. The molecule has 1 saturated heterocycles. The molecule has 0 N–H and O–H groups in total. The minimum Gasteiger partial charge on any atom is -0.463 e. The maximum absolute atomic E-state index is 11.6. The highest BCUT2D eigenvalue weighted by Gasteiger charge is 2.43. The van der Waals surface area contributed by atoms with Gasteiger partial charge in [-0.15, -0.1) is 0 Å². The summed E-state index contributed by atoms with van der Waals surface area (Å²) in [5.41, 5.74) is 0.979. The fourth-order valence-corrected chi connectivity index (χ4v) is 4.05. The van der Waals surface area contributed by atoms with E-state index < -0.39 is 14.6 Å². The molecule has 28 heavy (non-hydrogen) atoms. The number of benzene rings is 1. The maximum Gasteiger partial charge on any atom is 0.330 e. The number of carbonyl (C=O) groups excluding carboxylic acids is 1. The molecule has 1 aliphatic heterocycles. The third-order valence-electron chi connectivity index (χ3n) is 5.36. The van der Waals surface area contributed by atoms with Gasteiger partial charge in [0.05, 0.1) is 25.4 Å². The van der Waals surface area contributed by atoms with Crippen molar-refractivity contribution in [3.63, 3.8) is 0 Å². The number of rotatable bonds is 7. The molecule has 1 aliphatic rings. The van der Waals surface area contributed by atoms with Gasteiger partial charge < -0.3 is 18.6 Å². The van der Waals surface area contributed by atoms with Crippen LogP contribution in [-0.4, -0.2) is 39.7 Å². The Balaban J connectivity index is 2.12. The number of ether oxygens (including phenoxy) is 3. The maximum atomic E-state index is 11.6. The van der Waals surface area contributed by atoms with Gasteiger partial charge in [-0.25, -0.2) is 4.79 Å². The van der Waals surface area contributed by atoms with Crippen molar-refractivity contribution in [2.45, 2.75) is 70.7 Å². The first kappa shape index (κ1) is 22.8. The van der Waals surface area contributed by atoms with E-state index in [0.29, 0.717) is 19.6 Å². The van der Waals surface area contributed by atoms with Gasteiger partial charge in [0.1, 0.15) is 0 Å². The first-order valence-electron chi connectivity index (χ1n) is 9.97. The zero-order valence-electron chi connectivity index (χ0n) is 17.9. The molecule has 0 saturated carbocycles. The molecule has 1 aromatic carbocycles. The number of hydrogen-bond acceptors (Lipinski definition) is 5. The fourth-order valence-electron chi connectivity index (χ4n) is 2.72. The Kier molecular flexibility index (Phi) is 8.01. The number of esters is 1. The summed E-state index contributed by atoms with van der Waals surface area (Å²) in [5, 5.41) is 0.0919. The van der Waals surface area contributed by atoms with Crippen LogP contribution >= 0.6 is 0 Å². The summed E-state index contributed by atoms with van der Waals surface area (Å²) in [6, 6.07) is 9.89. The molecule has 0 amide bonds. The van der Waals surface area contributed by atoms with Crippen molar-refractivity contribution < 1.29 is 23.4 Å². The van der Waals surface area contributed by atoms with E-state index in [1.54, 1.807) is 13.0 Å². The Labute approximate surface area is 170 Å². The van der Waals surface area contributed by atoms with Crippen molar-refractivity contribution in [3.8, 4) is 0 Å². The van der Waals surface area contributed by atoms with Crippen molar-refractivity contribution >= 4 is 14.3 Å². The van der Waals surface area contributed by atoms with Gasteiger partial charge in [-0.2, -0.15) is 0 Å². The Morgan fingerprint density at radius 2 is 1.93 bits per heavy atom. The lowest BCUT2D eigenvalue weighted by Gasteiger charge is -2.44. The summed E-state index contributed by atoms with van der Waals surface area (Å²) >= 11 is 0. The highest BCUT2D eigenvalue weighted by atomic mass is 28.4. The second-order valence-corrected chi connectivity index (χ2v) is 13.3. The Morgan fingerprint density at radius 1 is 1.25 bits per heavy atom. The first-order valence-corrected chi connectivity index (χ1v) is 12.9. The van der Waals surface area contributed by atoms with Crippen molar-refractivity contribution in [2.24, 2.45) is 0 Å². The van der Waals surface area contributed by atoms with Crippen molar-refractivity contribution in [1.82, 2.24) is 0 Å². The standard InChI is InChI=1S/C22H34O5Si/c1-7-24-20(23)15-11-14-18-19(27-28(5,6)22(2,3)4)16-25-21(26-18)17-12-9-8-10-13-17/h8-13,15,18-19,21H,7,14,16H2,1-6H3/b15-11+/t18-,19+,21+/m0/s1. The predicted molar refractivity (Wildman–Crippen MR) is 112 cm³/mol. The molecule has 3 atom stereocenters. The molecule has 6 heteroatoms. The average molecular weight is 407 g/mol. The van der Waals surface area contributed by atoms with Crippen molar-refractivity contribution in [3.05, 3.63) is 48.0 Å². The summed E-state index contributed by atoms with van der Waals surface area (Å²) in [5.74, 6) is -0.337. The van der Waals surface area contributed by atoms with Crippen LogP contribution in [0.5, 0.6) is 0 Å². The Morgan fingerprint density at radius 3 is 2.54 bits per heavy atom. The molecular formula is C22H34O5Si. The van der Waals surface area contributed by atoms with Crippen LogP contribution in [0, 0.1) is 0 Å². The van der Waals surface area contributed by atoms with Gasteiger partial charge in [0.15, 0.2) is 14.6 Å². The van der Waals surface area contributed by atoms with Crippen LogP contribution in [0.3, 0.4) is 0 Å². The van der Waals surface area contributed by atoms with Crippen LogP contribution in [0.4, 0.5) is 0 Å². The first-order chi connectivity index (χ1) is 13.1. The number of hydrogen-bond donors (Lipinski definition) is 0. The summed E-state index contributed by atoms with van der Waals surface area (Å²) in [4.78, 5) is 11.6. The van der Waals surface area contributed by atoms with Gasteiger partial charge >= 0.3 is 5.97 Å². The van der Waals surface area contributed by atoms with E-state index >= 15 is 0 Å². The van der Waals surface area contributed by atoms with Crippen LogP contribution in [-0.2, 0) is 23.4 Å². The van der Waals surface area contributed by atoms with Gasteiger partial charge in [0.25, 0.3) is 0 Å². The van der Waals surface area contributed by atoms with E-state index in [2.05, 4.69) is 33.9 Å². The number of carbonyl (C=O) groups is 1. The molecule has 0 aromatic heterocycles. The predicted octanol–water partition coefficient (Wildman–Crippen LogP) is 5.00. The van der Waals surface area contributed by atoms with Gasteiger partial charge in [-0.3, -0.25) is 0 Å². The molecule has 2 rings (SSSR count). The fraction of sp³-hybridized carbons (Fsp3) is 0.591. The molecule has 5 nitrogen and oxygen atoms in total. The summed E-state index contributed by atoms with van der Waals surface area (Å²) in [6.07, 6.45) is 3.03. The van der Waals surface area contributed by atoms with E-state index in [1.165, 1.54) is 6.08 Å². The molecule has 1 aromatic rings. The molecule has 156 valence electrons. The third kappa shape index (κ3) is 6.27. The second-order valence-electron chi connectivity index (χ2n) is 8.56. The zero-order chi connectivity index (χ0) is 20.8. The second kappa shape index (κ2) is 9.83. The van der Waals surface area contributed by atoms with Crippen molar-refractivity contribution in [1.29, 1.82) is 0 Å². The molecule has 1 heterocycles. The summed E-state index contributed by atoms with van der Waals surface area (Å²) < 4.78 is 23.8. The Bertz CT molecular complexity index is 651. The minimum atomic E-state index is -1.98. The van der Waals surface area contributed by atoms with Crippen LogP contribution in [0.15, 0.2) is 42.5 Å². The van der Waals surface area contributed by atoms with Crippen molar-refractivity contribution in [2.75, 3.05) is 13.2 Å². The highest BCUT2D eigenvalue weighted by Crippen LogP contribution is 2.39. The van der Waals surface area contributed by atoms with E-state index in [4.69, 9.17) is 18.6 Å². The lowest BCUT2D eigenvalue weighted by molar-refractivity contribution is -0.252. The zero-order valence-corrected chi connectivity index (χ0v) is 18.9. The van der Waals surface area contributed by atoms with E-state index in [9.17, 15) is 4.79 Å². The molecule has 0 aliphatic carbocycles. The highest BCUT2D eigenvalue weighted by molar-refractivity contribution is 6.74. The monoisotopic (exact) mass is 406 g/mol. The Hall–Kier alpha value is -1.47. The van der Waals surface area contributed by atoms with Crippen LogP contribution < -0.4 is 0 Å². The topological polar surface area (TPSA) is 54.0 Å². The summed E-state index contributed by atoms with van der Waals surface area (Å²) in [7, 11) is -1.98.